The molecule has 0 radical (unpaired) electrons. The Kier molecular flexibility index (Phi) is 3.02. The topological polar surface area (TPSA) is 24.1 Å². The zero-order valence-corrected chi connectivity index (χ0v) is 9.47. The van der Waals surface area contributed by atoms with Gasteiger partial charge >= 0.3 is 0 Å². The molecule has 0 amide bonds. The Bertz CT molecular complexity index is 384. The van der Waals surface area contributed by atoms with E-state index in [2.05, 4.69) is 35.8 Å². The molecule has 15 heavy (non-hydrogen) atoms. The van der Waals surface area contributed by atoms with Crippen molar-refractivity contribution in [2.45, 2.75) is 19.4 Å². The van der Waals surface area contributed by atoms with Crippen LogP contribution in [0.3, 0.4) is 0 Å². The lowest BCUT2D eigenvalue weighted by Crippen LogP contribution is -2.41. The van der Waals surface area contributed by atoms with Crippen LogP contribution in [0.2, 0.25) is 0 Å². The molecule has 0 unspecified atom stereocenters. The molecule has 0 aliphatic carbocycles. The highest BCUT2D eigenvalue weighted by Crippen LogP contribution is 2.18. The fourth-order valence-corrected chi connectivity index (χ4v) is 1.91. The SMILES string of the molecule is CCC1=C[C@H](c2ccccc2)NC(=S)N1. The van der Waals surface area contributed by atoms with E-state index in [4.69, 9.17) is 12.2 Å². The van der Waals surface area contributed by atoms with Crippen molar-refractivity contribution in [3.63, 3.8) is 0 Å². The first kappa shape index (κ1) is 10.2. The normalized spacial score (nSPS) is 20.2. The molecule has 78 valence electrons. The first-order valence-corrected chi connectivity index (χ1v) is 5.53. The van der Waals surface area contributed by atoms with Gasteiger partial charge in [0.25, 0.3) is 0 Å². The van der Waals surface area contributed by atoms with Gasteiger partial charge in [-0.15, -0.1) is 0 Å². The molecule has 3 heteroatoms. The standard InChI is InChI=1S/C12H14N2S/c1-2-10-8-11(14-12(15)13-10)9-6-4-3-5-7-9/h3-8,11H,2H2,1H3,(H2,13,14,15)/t11-/m1/s1. The fraction of sp³-hybridized carbons (Fsp3) is 0.250. The quantitative estimate of drug-likeness (QED) is 0.746. The number of hydrogen-bond donors (Lipinski definition) is 2. The van der Waals surface area contributed by atoms with E-state index < -0.39 is 0 Å². The van der Waals surface area contributed by atoms with E-state index >= 15 is 0 Å². The number of hydrogen-bond acceptors (Lipinski definition) is 1. The average Bonchev–Trinajstić information content (AvgIpc) is 2.29. The Balaban J connectivity index is 2.26. The second-order valence-corrected chi connectivity index (χ2v) is 3.94. The first-order valence-electron chi connectivity index (χ1n) is 5.12. The summed E-state index contributed by atoms with van der Waals surface area (Å²) in [6.07, 6.45) is 3.16. The molecule has 0 saturated heterocycles. The summed E-state index contributed by atoms with van der Waals surface area (Å²) in [5.41, 5.74) is 2.43. The third-order valence-electron chi connectivity index (χ3n) is 2.47. The minimum Gasteiger partial charge on any atom is -0.352 e. The maximum Gasteiger partial charge on any atom is 0.171 e. The lowest BCUT2D eigenvalue weighted by molar-refractivity contribution is 0.724. The molecule has 2 nitrogen and oxygen atoms in total. The summed E-state index contributed by atoms with van der Waals surface area (Å²) >= 11 is 5.16. The maximum absolute atomic E-state index is 5.16. The maximum atomic E-state index is 5.16. The van der Waals surface area contributed by atoms with Gasteiger partial charge in [-0.05, 0) is 30.3 Å². The molecule has 1 atom stereocenters. The number of rotatable bonds is 2. The number of nitrogens with one attached hydrogen (secondary N) is 2. The third-order valence-corrected chi connectivity index (χ3v) is 2.69. The molecule has 0 fully saturated rings. The van der Waals surface area contributed by atoms with E-state index in [0.29, 0.717) is 5.11 Å². The lowest BCUT2D eigenvalue weighted by atomic mass is 10.0. The van der Waals surface area contributed by atoms with Crippen LogP contribution in [0.1, 0.15) is 24.9 Å². The van der Waals surface area contributed by atoms with Gasteiger partial charge in [-0.1, -0.05) is 37.3 Å². The molecule has 0 saturated carbocycles. The molecule has 2 rings (SSSR count). The first-order chi connectivity index (χ1) is 7.29. The molecular weight excluding hydrogens is 204 g/mol. The van der Waals surface area contributed by atoms with Crippen molar-refractivity contribution in [3.8, 4) is 0 Å². The van der Waals surface area contributed by atoms with Gasteiger partial charge in [0.15, 0.2) is 5.11 Å². The van der Waals surface area contributed by atoms with Crippen LogP contribution in [0, 0.1) is 0 Å². The molecule has 0 aromatic heterocycles. The van der Waals surface area contributed by atoms with Crippen LogP contribution in [-0.4, -0.2) is 5.11 Å². The smallest absolute Gasteiger partial charge is 0.171 e. The highest BCUT2D eigenvalue weighted by Gasteiger charge is 2.15. The zero-order valence-electron chi connectivity index (χ0n) is 8.66. The molecule has 0 bridgehead atoms. The highest BCUT2D eigenvalue weighted by molar-refractivity contribution is 7.80. The molecule has 1 aliphatic heterocycles. The van der Waals surface area contributed by atoms with Crippen LogP contribution in [0.5, 0.6) is 0 Å². The molecule has 2 N–H and O–H groups in total. The van der Waals surface area contributed by atoms with Crippen molar-refractivity contribution in [1.29, 1.82) is 0 Å². The van der Waals surface area contributed by atoms with Crippen molar-refractivity contribution in [1.82, 2.24) is 10.6 Å². The summed E-state index contributed by atoms with van der Waals surface area (Å²) in [4.78, 5) is 0. The van der Waals surface area contributed by atoms with Crippen LogP contribution in [0.25, 0.3) is 0 Å². The summed E-state index contributed by atoms with van der Waals surface area (Å²) in [5, 5.41) is 7.10. The predicted octanol–water partition coefficient (Wildman–Crippen LogP) is 2.50. The third kappa shape index (κ3) is 2.36. The summed E-state index contributed by atoms with van der Waals surface area (Å²) in [5.74, 6) is 0. The molecular formula is C12H14N2S. The second-order valence-electron chi connectivity index (χ2n) is 3.53. The van der Waals surface area contributed by atoms with Crippen molar-refractivity contribution >= 4 is 17.3 Å². The van der Waals surface area contributed by atoms with Gasteiger partial charge in [0.1, 0.15) is 0 Å². The largest absolute Gasteiger partial charge is 0.352 e. The van der Waals surface area contributed by atoms with E-state index in [0.717, 1.165) is 6.42 Å². The van der Waals surface area contributed by atoms with Gasteiger partial charge in [-0.2, -0.15) is 0 Å². The van der Waals surface area contributed by atoms with Gasteiger partial charge in [0.2, 0.25) is 0 Å². The van der Waals surface area contributed by atoms with Gasteiger partial charge in [-0.25, -0.2) is 0 Å². The Morgan fingerprint density at radius 1 is 1.27 bits per heavy atom. The Morgan fingerprint density at radius 2 is 2.00 bits per heavy atom. The Hall–Kier alpha value is -1.35. The Labute approximate surface area is 95.4 Å². The number of allylic oxidation sites excluding steroid dienone is 1. The Morgan fingerprint density at radius 3 is 2.67 bits per heavy atom. The van der Waals surface area contributed by atoms with Gasteiger partial charge in [-0.3, -0.25) is 0 Å². The van der Waals surface area contributed by atoms with Crippen LogP contribution in [0.4, 0.5) is 0 Å². The summed E-state index contributed by atoms with van der Waals surface area (Å²) in [7, 11) is 0. The van der Waals surface area contributed by atoms with Gasteiger partial charge in [0.05, 0.1) is 6.04 Å². The second kappa shape index (κ2) is 4.45. The molecule has 0 spiro atoms. The summed E-state index contributed by atoms with van der Waals surface area (Å²) in [6, 6.07) is 10.5. The number of benzene rings is 1. The minimum absolute atomic E-state index is 0.204. The fourth-order valence-electron chi connectivity index (χ4n) is 1.65. The molecule has 1 heterocycles. The van der Waals surface area contributed by atoms with Crippen LogP contribution in [0.15, 0.2) is 42.1 Å². The molecule has 1 aliphatic rings. The van der Waals surface area contributed by atoms with E-state index in [1.54, 1.807) is 0 Å². The highest BCUT2D eigenvalue weighted by atomic mass is 32.1. The monoisotopic (exact) mass is 218 g/mol. The van der Waals surface area contributed by atoms with Crippen molar-refractivity contribution in [3.05, 3.63) is 47.7 Å². The van der Waals surface area contributed by atoms with E-state index in [9.17, 15) is 0 Å². The molecule has 1 aromatic rings. The van der Waals surface area contributed by atoms with Gasteiger partial charge < -0.3 is 10.6 Å². The lowest BCUT2D eigenvalue weighted by Gasteiger charge is -2.25. The van der Waals surface area contributed by atoms with Crippen molar-refractivity contribution in [2.24, 2.45) is 0 Å². The van der Waals surface area contributed by atoms with E-state index in [1.807, 2.05) is 18.2 Å². The summed E-state index contributed by atoms with van der Waals surface area (Å²) < 4.78 is 0. The van der Waals surface area contributed by atoms with E-state index in [1.165, 1.54) is 11.3 Å². The average molecular weight is 218 g/mol. The van der Waals surface area contributed by atoms with Crippen molar-refractivity contribution in [2.75, 3.05) is 0 Å². The van der Waals surface area contributed by atoms with Crippen LogP contribution >= 0.6 is 12.2 Å². The van der Waals surface area contributed by atoms with Gasteiger partial charge in [0, 0.05) is 5.70 Å². The van der Waals surface area contributed by atoms with Crippen LogP contribution in [-0.2, 0) is 0 Å². The predicted molar refractivity (Wildman–Crippen MR) is 66.4 cm³/mol. The zero-order chi connectivity index (χ0) is 10.7. The van der Waals surface area contributed by atoms with Crippen molar-refractivity contribution < 1.29 is 0 Å². The summed E-state index contributed by atoms with van der Waals surface area (Å²) in [6.45, 7) is 2.12. The molecule has 1 aromatic carbocycles. The van der Waals surface area contributed by atoms with Crippen LogP contribution < -0.4 is 10.6 Å². The number of thiocarbonyl (C=S) groups is 1. The van der Waals surface area contributed by atoms with E-state index in [-0.39, 0.29) is 6.04 Å². The minimum atomic E-state index is 0.204.